The number of nitrogens with two attached hydrogens (primary N) is 1. The number of piperidine rings is 1. The maximum Gasteiger partial charge on any atom is 0.148 e. The SMILES string of the molecule is CCCc1nn(C)c(NC2CCN3CCCCC23)c1N. The molecule has 3 N–H and O–H groups in total. The Morgan fingerprint density at radius 2 is 2.15 bits per heavy atom. The largest absolute Gasteiger partial charge is 0.394 e. The molecule has 3 heterocycles. The average molecular weight is 277 g/mol. The van der Waals surface area contributed by atoms with Crippen LogP contribution in [0.1, 0.15) is 44.7 Å². The standard InChI is InChI=1S/C15H27N5/c1-3-6-12-14(16)15(19(2)18-12)17-11-8-10-20-9-5-4-7-13(11)20/h11,13,17H,3-10,16H2,1-2H3. The van der Waals surface area contributed by atoms with Gasteiger partial charge in [-0.05, 0) is 32.2 Å². The Morgan fingerprint density at radius 3 is 2.95 bits per heavy atom. The van der Waals surface area contributed by atoms with Crippen LogP contribution in [0.2, 0.25) is 0 Å². The van der Waals surface area contributed by atoms with Crippen LogP contribution in [0.25, 0.3) is 0 Å². The quantitative estimate of drug-likeness (QED) is 0.883. The summed E-state index contributed by atoms with van der Waals surface area (Å²) < 4.78 is 1.92. The Kier molecular flexibility index (Phi) is 3.87. The summed E-state index contributed by atoms with van der Waals surface area (Å²) >= 11 is 0. The lowest BCUT2D eigenvalue weighted by molar-refractivity contribution is 0.192. The summed E-state index contributed by atoms with van der Waals surface area (Å²) in [7, 11) is 1.99. The van der Waals surface area contributed by atoms with Gasteiger partial charge in [-0.2, -0.15) is 5.10 Å². The number of rotatable bonds is 4. The van der Waals surface area contributed by atoms with Gasteiger partial charge < -0.3 is 11.1 Å². The first-order valence-corrected chi connectivity index (χ1v) is 8.02. The van der Waals surface area contributed by atoms with Crippen molar-refractivity contribution in [3.8, 4) is 0 Å². The molecule has 0 aromatic carbocycles. The van der Waals surface area contributed by atoms with Crippen LogP contribution in [0.5, 0.6) is 0 Å². The van der Waals surface area contributed by atoms with Crippen molar-refractivity contribution in [2.75, 3.05) is 24.1 Å². The van der Waals surface area contributed by atoms with Crippen molar-refractivity contribution in [3.63, 3.8) is 0 Å². The number of hydrogen-bond acceptors (Lipinski definition) is 4. The van der Waals surface area contributed by atoms with Crippen LogP contribution < -0.4 is 11.1 Å². The molecule has 1 aromatic heterocycles. The predicted molar refractivity (Wildman–Crippen MR) is 82.9 cm³/mol. The maximum atomic E-state index is 6.28. The molecule has 2 unspecified atom stereocenters. The van der Waals surface area contributed by atoms with Crippen LogP contribution >= 0.6 is 0 Å². The highest BCUT2D eigenvalue weighted by atomic mass is 15.3. The Labute approximate surface area is 121 Å². The van der Waals surface area contributed by atoms with Crippen LogP contribution in [0.3, 0.4) is 0 Å². The van der Waals surface area contributed by atoms with Gasteiger partial charge in [0.1, 0.15) is 5.82 Å². The molecule has 2 saturated heterocycles. The molecule has 112 valence electrons. The molecular formula is C15H27N5. The lowest BCUT2D eigenvalue weighted by Gasteiger charge is -2.32. The first-order valence-electron chi connectivity index (χ1n) is 8.02. The summed E-state index contributed by atoms with van der Waals surface area (Å²) in [5, 5.41) is 8.25. The van der Waals surface area contributed by atoms with E-state index in [9.17, 15) is 0 Å². The van der Waals surface area contributed by atoms with Crippen LogP contribution in [-0.4, -0.2) is 39.9 Å². The zero-order chi connectivity index (χ0) is 14.1. The first-order chi connectivity index (χ1) is 9.70. The van der Waals surface area contributed by atoms with Gasteiger partial charge in [-0.1, -0.05) is 19.8 Å². The van der Waals surface area contributed by atoms with E-state index in [1.165, 1.54) is 38.8 Å². The third-order valence-electron chi connectivity index (χ3n) is 4.83. The van der Waals surface area contributed by atoms with E-state index in [-0.39, 0.29) is 0 Å². The average Bonchev–Trinajstić information content (AvgIpc) is 2.97. The third-order valence-corrected chi connectivity index (χ3v) is 4.83. The van der Waals surface area contributed by atoms with Gasteiger partial charge in [0, 0.05) is 25.7 Å². The van der Waals surface area contributed by atoms with E-state index in [0.29, 0.717) is 12.1 Å². The molecule has 3 rings (SSSR count). The maximum absolute atomic E-state index is 6.28. The number of nitrogens with zero attached hydrogens (tertiary/aromatic N) is 3. The van der Waals surface area contributed by atoms with Gasteiger partial charge in [0.2, 0.25) is 0 Å². The highest BCUT2D eigenvalue weighted by molar-refractivity contribution is 5.65. The van der Waals surface area contributed by atoms with E-state index < -0.39 is 0 Å². The van der Waals surface area contributed by atoms with Crippen molar-refractivity contribution in [2.24, 2.45) is 7.05 Å². The fourth-order valence-electron chi connectivity index (χ4n) is 3.78. The molecule has 0 bridgehead atoms. The number of nitrogen functional groups attached to an aromatic ring is 1. The van der Waals surface area contributed by atoms with E-state index in [2.05, 4.69) is 22.2 Å². The summed E-state index contributed by atoms with van der Waals surface area (Å²) in [5.74, 6) is 1.02. The number of hydrogen-bond donors (Lipinski definition) is 2. The molecule has 0 spiro atoms. The highest BCUT2D eigenvalue weighted by Gasteiger charge is 2.36. The van der Waals surface area contributed by atoms with Crippen molar-refractivity contribution in [2.45, 2.75) is 57.5 Å². The zero-order valence-corrected chi connectivity index (χ0v) is 12.7. The molecule has 0 aliphatic carbocycles. The van der Waals surface area contributed by atoms with Crippen molar-refractivity contribution < 1.29 is 0 Å². The lowest BCUT2D eigenvalue weighted by Crippen LogP contribution is -2.42. The summed E-state index contributed by atoms with van der Waals surface area (Å²) in [6.07, 6.45) is 7.30. The van der Waals surface area contributed by atoms with E-state index >= 15 is 0 Å². The Bertz CT molecular complexity index is 467. The number of aryl methyl sites for hydroxylation is 2. The van der Waals surface area contributed by atoms with Gasteiger partial charge >= 0.3 is 0 Å². The van der Waals surface area contributed by atoms with Crippen LogP contribution in [0.4, 0.5) is 11.5 Å². The van der Waals surface area contributed by atoms with Crippen molar-refractivity contribution >= 4 is 11.5 Å². The number of aromatic nitrogens is 2. The van der Waals surface area contributed by atoms with Gasteiger partial charge in [0.05, 0.1) is 11.4 Å². The van der Waals surface area contributed by atoms with Gasteiger partial charge in [0.15, 0.2) is 0 Å². The van der Waals surface area contributed by atoms with Gasteiger partial charge in [-0.25, -0.2) is 0 Å². The molecule has 5 heteroatoms. The highest BCUT2D eigenvalue weighted by Crippen LogP contribution is 2.31. The normalized spacial score (nSPS) is 26.7. The smallest absolute Gasteiger partial charge is 0.148 e. The fraction of sp³-hybridized carbons (Fsp3) is 0.800. The topological polar surface area (TPSA) is 59.1 Å². The van der Waals surface area contributed by atoms with Crippen molar-refractivity contribution in [1.29, 1.82) is 0 Å². The van der Waals surface area contributed by atoms with Crippen molar-refractivity contribution in [1.82, 2.24) is 14.7 Å². The first kappa shape index (κ1) is 13.7. The van der Waals surface area contributed by atoms with E-state index in [1.54, 1.807) is 0 Å². The van der Waals surface area contributed by atoms with E-state index in [1.807, 2.05) is 11.7 Å². The molecule has 0 radical (unpaired) electrons. The lowest BCUT2D eigenvalue weighted by atomic mass is 9.99. The fourth-order valence-corrected chi connectivity index (χ4v) is 3.78. The summed E-state index contributed by atoms with van der Waals surface area (Å²) in [6.45, 7) is 4.66. The molecular weight excluding hydrogens is 250 g/mol. The minimum atomic E-state index is 0.530. The van der Waals surface area contributed by atoms with Gasteiger partial charge in [0.25, 0.3) is 0 Å². The second kappa shape index (κ2) is 5.64. The summed E-state index contributed by atoms with van der Waals surface area (Å²) in [6, 6.07) is 1.22. The molecule has 1 aromatic rings. The number of fused-ring (bicyclic) bond motifs is 1. The van der Waals surface area contributed by atoms with Crippen LogP contribution in [-0.2, 0) is 13.5 Å². The molecule has 2 fully saturated rings. The van der Waals surface area contributed by atoms with Gasteiger partial charge in [-0.3, -0.25) is 9.58 Å². The summed E-state index contributed by atoms with van der Waals surface area (Å²) in [4.78, 5) is 2.64. The minimum Gasteiger partial charge on any atom is -0.394 e. The van der Waals surface area contributed by atoms with Crippen molar-refractivity contribution in [3.05, 3.63) is 5.69 Å². The van der Waals surface area contributed by atoms with E-state index in [4.69, 9.17) is 5.73 Å². The monoisotopic (exact) mass is 277 g/mol. The molecule has 0 saturated carbocycles. The summed E-state index contributed by atoms with van der Waals surface area (Å²) in [5.41, 5.74) is 8.17. The zero-order valence-electron chi connectivity index (χ0n) is 12.7. The Hall–Kier alpha value is -1.23. The Morgan fingerprint density at radius 1 is 1.30 bits per heavy atom. The minimum absolute atomic E-state index is 0.530. The molecule has 2 aliphatic heterocycles. The predicted octanol–water partition coefficient (Wildman–Crippen LogP) is 1.99. The molecule has 20 heavy (non-hydrogen) atoms. The molecule has 2 atom stereocenters. The number of anilines is 2. The molecule has 0 amide bonds. The Balaban J connectivity index is 1.74. The second-order valence-corrected chi connectivity index (χ2v) is 6.22. The number of nitrogens with one attached hydrogen (secondary N) is 1. The molecule has 2 aliphatic rings. The second-order valence-electron chi connectivity index (χ2n) is 6.22. The van der Waals surface area contributed by atoms with E-state index in [0.717, 1.165) is 30.0 Å². The van der Waals surface area contributed by atoms with Crippen LogP contribution in [0, 0.1) is 0 Å². The third kappa shape index (κ3) is 2.39. The molecule has 5 nitrogen and oxygen atoms in total. The van der Waals surface area contributed by atoms with Gasteiger partial charge in [-0.15, -0.1) is 0 Å². The van der Waals surface area contributed by atoms with Crippen LogP contribution in [0.15, 0.2) is 0 Å².